The lowest BCUT2D eigenvalue weighted by Crippen LogP contribution is -2.44. The number of nitrogens with one attached hydrogen (secondary N) is 4. The Morgan fingerprint density at radius 1 is 1.13 bits per heavy atom. The summed E-state index contributed by atoms with van der Waals surface area (Å²) in [6.07, 6.45) is 2.68. The van der Waals surface area contributed by atoms with E-state index in [0.29, 0.717) is 12.0 Å². The number of hydrazine groups is 1. The highest BCUT2D eigenvalue weighted by atomic mass is 35.5. The van der Waals surface area contributed by atoms with E-state index < -0.39 is 15.8 Å². The number of carbonyl (C=O) groups excluding carboxylic acids is 1. The fraction of sp³-hybridized carbons (Fsp3) is 0.350. The number of rotatable bonds is 5. The molecule has 4 N–H and O–H groups in total. The molecule has 0 bridgehead atoms. The second-order valence-electron chi connectivity index (χ2n) is 7.63. The minimum Gasteiger partial charge on any atom is -0.349 e. The van der Waals surface area contributed by atoms with Crippen LogP contribution in [-0.2, 0) is 10.0 Å². The zero-order valence-electron chi connectivity index (χ0n) is 16.0. The van der Waals surface area contributed by atoms with Crippen LogP contribution >= 0.6 is 11.6 Å². The van der Waals surface area contributed by atoms with E-state index in [2.05, 4.69) is 20.9 Å². The Balaban J connectivity index is 1.49. The Labute approximate surface area is 179 Å². The molecule has 4 rings (SSSR count). The van der Waals surface area contributed by atoms with Crippen molar-refractivity contribution in [2.45, 2.75) is 36.2 Å². The molecular formula is C20H22ClFN4O3S. The predicted molar refractivity (Wildman–Crippen MR) is 112 cm³/mol. The number of anilines is 1. The number of benzene rings is 2. The number of amides is 1. The Bertz CT molecular complexity index is 1050. The average molecular weight is 453 g/mol. The highest BCUT2D eigenvalue weighted by molar-refractivity contribution is 7.92. The molecule has 0 aromatic heterocycles. The molecule has 1 amide bonds. The monoisotopic (exact) mass is 452 g/mol. The Kier molecular flexibility index (Phi) is 5.97. The van der Waals surface area contributed by atoms with Crippen LogP contribution < -0.4 is 20.9 Å². The van der Waals surface area contributed by atoms with Gasteiger partial charge in [-0.05, 0) is 67.6 Å². The SMILES string of the molecule is O=C(NC1CCC2NNCC2C1)c1ccc(Cl)c(S(=O)(=O)Nc2ccc(F)cc2)c1. The van der Waals surface area contributed by atoms with Crippen molar-refractivity contribution in [3.63, 3.8) is 0 Å². The number of hydrogen-bond acceptors (Lipinski definition) is 5. The molecular weight excluding hydrogens is 431 g/mol. The molecule has 1 saturated heterocycles. The highest BCUT2D eigenvalue weighted by Crippen LogP contribution is 2.28. The maximum Gasteiger partial charge on any atom is 0.263 e. The largest absolute Gasteiger partial charge is 0.349 e. The van der Waals surface area contributed by atoms with Gasteiger partial charge in [-0.3, -0.25) is 20.4 Å². The molecule has 3 unspecified atom stereocenters. The molecule has 7 nitrogen and oxygen atoms in total. The summed E-state index contributed by atoms with van der Waals surface area (Å²) in [7, 11) is -4.06. The van der Waals surface area contributed by atoms with E-state index >= 15 is 0 Å². The van der Waals surface area contributed by atoms with Crippen LogP contribution in [0, 0.1) is 11.7 Å². The summed E-state index contributed by atoms with van der Waals surface area (Å²) in [5.74, 6) is -0.356. The number of carbonyl (C=O) groups is 1. The maximum atomic E-state index is 13.1. The summed E-state index contributed by atoms with van der Waals surface area (Å²) in [5.41, 5.74) is 6.80. The Hall–Kier alpha value is -2.20. The molecule has 160 valence electrons. The van der Waals surface area contributed by atoms with Crippen molar-refractivity contribution in [2.24, 2.45) is 5.92 Å². The lowest BCUT2D eigenvalue weighted by molar-refractivity contribution is 0.0918. The smallest absolute Gasteiger partial charge is 0.263 e. The van der Waals surface area contributed by atoms with E-state index in [1.165, 1.54) is 30.3 Å². The maximum absolute atomic E-state index is 13.1. The lowest BCUT2D eigenvalue weighted by atomic mass is 9.83. The molecule has 2 aliphatic rings. The summed E-state index contributed by atoms with van der Waals surface area (Å²) >= 11 is 6.10. The third kappa shape index (κ3) is 4.59. The zero-order chi connectivity index (χ0) is 21.3. The van der Waals surface area contributed by atoms with Crippen molar-refractivity contribution < 1.29 is 17.6 Å². The quantitative estimate of drug-likeness (QED) is 0.559. The Morgan fingerprint density at radius 2 is 1.90 bits per heavy atom. The van der Waals surface area contributed by atoms with Gasteiger partial charge in [-0.25, -0.2) is 12.8 Å². The van der Waals surface area contributed by atoms with Crippen LogP contribution in [0.2, 0.25) is 5.02 Å². The standard InChI is InChI=1S/C20H22ClFN4O3S/c21-17-7-1-12(20(27)24-16-6-8-18-13(9-16)11-23-25-18)10-19(17)30(28,29)26-15-4-2-14(22)3-5-15/h1-5,7,10,13,16,18,23,25-26H,6,8-9,11H2,(H,24,27). The van der Waals surface area contributed by atoms with E-state index in [1.54, 1.807) is 0 Å². The fourth-order valence-electron chi connectivity index (χ4n) is 3.98. The normalized spacial score (nSPS) is 23.6. The van der Waals surface area contributed by atoms with Gasteiger partial charge in [0, 0.05) is 29.9 Å². The van der Waals surface area contributed by atoms with Gasteiger partial charge < -0.3 is 5.32 Å². The topological polar surface area (TPSA) is 99.3 Å². The molecule has 1 aliphatic carbocycles. The fourth-order valence-corrected chi connectivity index (χ4v) is 5.56. The third-order valence-corrected chi connectivity index (χ3v) is 7.41. The molecule has 1 saturated carbocycles. The molecule has 1 aliphatic heterocycles. The van der Waals surface area contributed by atoms with Crippen LogP contribution in [0.1, 0.15) is 29.6 Å². The molecule has 2 aromatic carbocycles. The van der Waals surface area contributed by atoms with Crippen molar-refractivity contribution in [3.8, 4) is 0 Å². The van der Waals surface area contributed by atoms with Gasteiger partial charge >= 0.3 is 0 Å². The van der Waals surface area contributed by atoms with Gasteiger partial charge in [0.05, 0.1) is 5.02 Å². The van der Waals surface area contributed by atoms with E-state index in [-0.39, 0.29) is 33.1 Å². The number of hydrogen-bond donors (Lipinski definition) is 4. The van der Waals surface area contributed by atoms with Crippen LogP contribution in [0.25, 0.3) is 0 Å². The van der Waals surface area contributed by atoms with Gasteiger partial charge in [0.1, 0.15) is 10.7 Å². The highest BCUT2D eigenvalue weighted by Gasteiger charge is 2.34. The summed E-state index contributed by atoms with van der Waals surface area (Å²) in [6, 6.07) is 9.52. The molecule has 0 radical (unpaired) electrons. The molecule has 1 heterocycles. The predicted octanol–water partition coefficient (Wildman–Crippen LogP) is 2.65. The Morgan fingerprint density at radius 3 is 2.67 bits per heavy atom. The van der Waals surface area contributed by atoms with Crippen molar-refractivity contribution >= 4 is 33.2 Å². The summed E-state index contributed by atoms with van der Waals surface area (Å²) in [5, 5.41) is 3.00. The minimum atomic E-state index is -4.06. The van der Waals surface area contributed by atoms with Gasteiger partial charge in [-0.15, -0.1) is 0 Å². The van der Waals surface area contributed by atoms with Crippen molar-refractivity contribution in [1.82, 2.24) is 16.2 Å². The van der Waals surface area contributed by atoms with E-state index in [4.69, 9.17) is 11.6 Å². The van der Waals surface area contributed by atoms with Crippen LogP contribution in [0.4, 0.5) is 10.1 Å². The molecule has 2 aromatic rings. The molecule has 0 spiro atoms. The summed E-state index contributed by atoms with van der Waals surface area (Å²) in [4.78, 5) is 12.5. The first-order valence-electron chi connectivity index (χ1n) is 9.69. The van der Waals surface area contributed by atoms with Gasteiger partial charge in [0.25, 0.3) is 15.9 Å². The minimum absolute atomic E-state index is 0.00947. The first-order chi connectivity index (χ1) is 14.3. The van der Waals surface area contributed by atoms with Crippen LogP contribution in [0.5, 0.6) is 0 Å². The second kappa shape index (κ2) is 8.50. The van der Waals surface area contributed by atoms with Crippen LogP contribution in [-0.4, -0.2) is 33.0 Å². The molecule has 3 atom stereocenters. The number of sulfonamides is 1. The average Bonchev–Trinajstić information content (AvgIpc) is 3.17. The molecule has 2 fully saturated rings. The number of fused-ring (bicyclic) bond motifs is 1. The van der Waals surface area contributed by atoms with Gasteiger partial charge in [-0.2, -0.15) is 0 Å². The van der Waals surface area contributed by atoms with Crippen molar-refractivity contribution in [1.29, 1.82) is 0 Å². The molecule has 10 heteroatoms. The summed E-state index contributed by atoms with van der Waals surface area (Å²) in [6.45, 7) is 0.870. The van der Waals surface area contributed by atoms with E-state index in [1.807, 2.05) is 0 Å². The number of halogens is 2. The zero-order valence-corrected chi connectivity index (χ0v) is 17.6. The third-order valence-electron chi connectivity index (χ3n) is 5.55. The second-order valence-corrected chi connectivity index (χ2v) is 9.69. The lowest BCUT2D eigenvalue weighted by Gasteiger charge is -2.31. The van der Waals surface area contributed by atoms with E-state index in [9.17, 15) is 17.6 Å². The molecule has 30 heavy (non-hydrogen) atoms. The van der Waals surface area contributed by atoms with Gasteiger partial charge in [-0.1, -0.05) is 11.6 Å². The van der Waals surface area contributed by atoms with Crippen LogP contribution in [0.15, 0.2) is 47.4 Å². The van der Waals surface area contributed by atoms with Gasteiger partial charge in [0.2, 0.25) is 0 Å². The van der Waals surface area contributed by atoms with E-state index in [0.717, 1.165) is 37.9 Å². The van der Waals surface area contributed by atoms with Crippen LogP contribution in [0.3, 0.4) is 0 Å². The first kappa shape index (κ1) is 21.0. The summed E-state index contributed by atoms with van der Waals surface area (Å²) < 4.78 is 40.9. The van der Waals surface area contributed by atoms with Crippen molar-refractivity contribution in [2.75, 3.05) is 11.3 Å². The van der Waals surface area contributed by atoms with Gasteiger partial charge in [0.15, 0.2) is 0 Å². The van der Waals surface area contributed by atoms with Crippen molar-refractivity contribution in [3.05, 3.63) is 58.9 Å². The first-order valence-corrected chi connectivity index (χ1v) is 11.5.